The van der Waals surface area contributed by atoms with Gasteiger partial charge >= 0.3 is 0 Å². The van der Waals surface area contributed by atoms with Crippen molar-refractivity contribution in [2.24, 2.45) is 0 Å². The highest BCUT2D eigenvalue weighted by Crippen LogP contribution is 2.23. The first kappa shape index (κ1) is 11.5. The number of hydrogen-bond acceptors (Lipinski definition) is 3. The van der Waals surface area contributed by atoms with Gasteiger partial charge in [-0.3, -0.25) is 0 Å². The van der Waals surface area contributed by atoms with Gasteiger partial charge in [0.2, 0.25) is 10.0 Å². The highest BCUT2D eigenvalue weighted by molar-refractivity contribution is 7.90. The number of nitrogens with zero attached hydrogens (tertiary/aromatic N) is 2. The van der Waals surface area contributed by atoms with Crippen molar-refractivity contribution in [1.29, 1.82) is 5.26 Å². The number of rotatable bonds is 3. The summed E-state index contributed by atoms with van der Waals surface area (Å²) in [5.74, 6) is 0. The molecule has 1 saturated heterocycles. The van der Waals surface area contributed by atoms with Gasteiger partial charge in [0.1, 0.15) is 0 Å². The maximum atomic E-state index is 11.9. The van der Waals surface area contributed by atoms with Crippen LogP contribution in [-0.4, -0.2) is 30.6 Å². The van der Waals surface area contributed by atoms with Gasteiger partial charge in [0.25, 0.3) is 0 Å². The molecular weight excluding hydrogens is 200 g/mol. The van der Waals surface area contributed by atoms with Crippen LogP contribution in [0, 0.1) is 11.3 Å². The van der Waals surface area contributed by atoms with Crippen molar-refractivity contribution in [2.45, 2.75) is 44.4 Å². The first-order valence-corrected chi connectivity index (χ1v) is 6.44. The summed E-state index contributed by atoms with van der Waals surface area (Å²) in [5, 5.41) is 7.88. The first-order valence-electron chi connectivity index (χ1n) is 4.94. The monoisotopic (exact) mass is 216 g/mol. The van der Waals surface area contributed by atoms with Gasteiger partial charge in [0, 0.05) is 12.6 Å². The molecule has 5 heteroatoms. The fraction of sp³-hybridized carbons (Fsp3) is 0.889. The summed E-state index contributed by atoms with van der Waals surface area (Å²) >= 11 is 0. The second-order valence-corrected chi connectivity index (χ2v) is 5.74. The van der Waals surface area contributed by atoms with E-state index in [1.165, 1.54) is 4.31 Å². The molecule has 0 aliphatic carbocycles. The zero-order chi connectivity index (χ0) is 10.8. The summed E-state index contributed by atoms with van der Waals surface area (Å²) in [6.45, 7) is 4.20. The van der Waals surface area contributed by atoms with Crippen LogP contribution in [0.4, 0.5) is 0 Å². The molecule has 0 aromatic carbocycles. The topological polar surface area (TPSA) is 61.2 Å². The van der Waals surface area contributed by atoms with Crippen molar-refractivity contribution in [3.8, 4) is 6.07 Å². The van der Waals surface area contributed by atoms with Gasteiger partial charge in [-0.15, -0.1) is 0 Å². The van der Waals surface area contributed by atoms with Crippen molar-refractivity contribution in [1.82, 2.24) is 4.31 Å². The predicted octanol–water partition coefficient (Wildman–Crippen LogP) is 1.10. The van der Waals surface area contributed by atoms with E-state index in [4.69, 9.17) is 5.26 Å². The Kier molecular flexibility index (Phi) is 3.51. The van der Waals surface area contributed by atoms with Crippen LogP contribution in [0.1, 0.15) is 33.1 Å². The van der Waals surface area contributed by atoms with Crippen LogP contribution < -0.4 is 0 Å². The Morgan fingerprint density at radius 1 is 1.64 bits per heavy atom. The molecule has 0 amide bonds. The van der Waals surface area contributed by atoms with E-state index in [0.29, 0.717) is 13.0 Å². The van der Waals surface area contributed by atoms with E-state index in [9.17, 15) is 8.42 Å². The SMILES string of the molecule is CCC(C#N)S(=O)(=O)N1CCCC1C. The first-order chi connectivity index (χ1) is 6.54. The molecule has 0 aromatic heterocycles. The third kappa shape index (κ3) is 1.91. The molecule has 1 rings (SSSR count). The summed E-state index contributed by atoms with van der Waals surface area (Å²) in [4.78, 5) is 0. The molecule has 1 heterocycles. The zero-order valence-electron chi connectivity index (χ0n) is 8.60. The molecule has 0 spiro atoms. The van der Waals surface area contributed by atoms with E-state index in [1.54, 1.807) is 6.92 Å². The smallest absolute Gasteiger partial charge is 0.211 e. The van der Waals surface area contributed by atoms with Gasteiger partial charge in [-0.05, 0) is 26.2 Å². The second kappa shape index (κ2) is 4.28. The quantitative estimate of drug-likeness (QED) is 0.709. The van der Waals surface area contributed by atoms with E-state index >= 15 is 0 Å². The molecular formula is C9H16N2O2S. The molecule has 1 fully saturated rings. The average molecular weight is 216 g/mol. The summed E-state index contributed by atoms with van der Waals surface area (Å²) in [7, 11) is -3.38. The number of nitriles is 1. The fourth-order valence-corrected chi connectivity index (χ4v) is 3.69. The van der Waals surface area contributed by atoms with Crippen LogP contribution in [0.3, 0.4) is 0 Å². The van der Waals surface area contributed by atoms with E-state index in [-0.39, 0.29) is 6.04 Å². The lowest BCUT2D eigenvalue weighted by Gasteiger charge is -2.22. The Labute approximate surface area is 85.6 Å². The fourth-order valence-electron chi connectivity index (χ4n) is 1.82. The number of hydrogen-bond donors (Lipinski definition) is 0. The van der Waals surface area contributed by atoms with Crippen molar-refractivity contribution < 1.29 is 8.42 Å². The Hall–Kier alpha value is -0.600. The molecule has 0 saturated carbocycles. The molecule has 1 aliphatic rings. The van der Waals surface area contributed by atoms with Gasteiger partial charge < -0.3 is 0 Å². The zero-order valence-corrected chi connectivity index (χ0v) is 9.42. The maximum Gasteiger partial charge on any atom is 0.230 e. The minimum atomic E-state index is -3.38. The highest BCUT2D eigenvalue weighted by Gasteiger charge is 2.36. The summed E-state index contributed by atoms with van der Waals surface area (Å²) in [6, 6.07) is 1.92. The Morgan fingerprint density at radius 2 is 2.29 bits per heavy atom. The molecule has 4 nitrogen and oxygen atoms in total. The Morgan fingerprint density at radius 3 is 2.64 bits per heavy atom. The van der Waals surface area contributed by atoms with Crippen LogP contribution in [0.15, 0.2) is 0 Å². The minimum Gasteiger partial charge on any atom is -0.211 e. The predicted molar refractivity (Wildman–Crippen MR) is 54.0 cm³/mol. The van der Waals surface area contributed by atoms with Gasteiger partial charge in [-0.2, -0.15) is 9.57 Å². The van der Waals surface area contributed by atoms with Gasteiger partial charge in [0.05, 0.1) is 6.07 Å². The molecule has 14 heavy (non-hydrogen) atoms. The molecule has 0 bridgehead atoms. The maximum absolute atomic E-state index is 11.9. The van der Waals surface area contributed by atoms with Crippen LogP contribution in [0.5, 0.6) is 0 Å². The van der Waals surface area contributed by atoms with Crippen molar-refractivity contribution in [3.63, 3.8) is 0 Å². The van der Waals surface area contributed by atoms with Gasteiger partial charge in [0.15, 0.2) is 5.25 Å². The number of sulfonamides is 1. The summed E-state index contributed by atoms with van der Waals surface area (Å²) in [6.07, 6.45) is 2.17. The van der Waals surface area contributed by atoms with E-state index in [0.717, 1.165) is 12.8 Å². The van der Waals surface area contributed by atoms with Gasteiger partial charge in [-0.25, -0.2) is 8.42 Å². The normalized spacial score (nSPS) is 25.9. The van der Waals surface area contributed by atoms with Gasteiger partial charge in [-0.1, -0.05) is 6.92 Å². The van der Waals surface area contributed by atoms with Crippen LogP contribution in [0.2, 0.25) is 0 Å². The molecule has 80 valence electrons. The lowest BCUT2D eigenvalue weighted by molar-refractivity contribution is 0.404. The van der Waals surface area contributed by atoms with Crippen molar-refractivity contribution in [3.05, 3.63) is 0 Å². The molecule has 1 aliphatic heterocycles. The van der Waals surface area contributed by atoms with Crippen molar-refractivity contribution >= 4 is 10.0 Å². The molecule has 2 unspecified atom stereocenters. The van der Waals surface area contributed by atoms with Crippen LogP contribution in [-0.2, 0) is 10.0 Å². The van der Waals surface area contributed by atoms with E-state index in [1.807, 2.05) is 13.0 Å². The summed E-state index contributed by atoms with van der Waals surface area (Å²) < 4.78 is 25.3. The third-order valence-corrected chi connectivity index (χ3v) is 5.05. The Balaban J connectivity index is 2.90. The minimum absolute atomic E-state index is 0.0578. The van der Waals surface area contributed by atoms with Crippen molar-refractivity contribution in [2.75, 3.05) is 6.54 Å². The second-order valence-electron chi connectivity index (χ2n) is 3.67. The van der Waals surface area contributed by atoms with E-state index in [2.05, 4.69) is 0 Å². The lowest BCUT2D eigenvalue weighted by atomic mass is 10.3. The summed E-state index contributed by atoms with van der Waals surface area (Å²) in [5.41, 5.74) is 0. The largest absolute Gasteiger partial charge is 0.230 e. The molecule has 2 atom stereocenters. The lowest BCUT2D eigenvalue weighted by Crippen LogP contribution is -2.39. The van der Waals surface area contributed by atoms with Crippen LogP contribution in [0.25, 0.3) is 0 Å². The molecule has 0 radical (unpaired) electrons. The average Bonchev–Trinajstić information content (AvgIpc) is 2.53. The highest BCUT2D eigenvalue weighted by atomic mass is 32.2. The standard InChI is InChI=1S/C9H16N2O2S/c1-3-9(7-10)14(12,13)11-6-4-5-8(11)2/h8-9H,3-6H2,1-2H3. The van der Waals surface area contributed by atoms with Crippen LogP contribution >= 0.6 is 0 Å². The van der Waals surface area contributed by atoms with E-state index < -0.39 is 15.3 Å². The molecule has 0 aromatic rings. The third-order valence-electron chi connectivity index (χ3n) is 2.69. The Bertz CT molecular complexity index is 331. The molecule has 0 N–H and O–H groups in total.